The largest absolute Gasteiger partial charge is 0.481 e. The normalized spacial score (nSPS) is 31.2. The highest BCUT2D eigenvalue weighted by molar-refractivity contribution is 5.71. The highest BCUT2D eigenvalue weighted by atomic mass is 16.6. The standard InChI is InChI=1S/C11H16O6/c12-9(13)2-1-3-10(14)17-8-6-16-7-4-5-15-11(7)8/h7-8,11H,1-6H2,(H,12,13)/t7-,8+,11+/m1/s1. The summed E-state index contributed by atoms with van der Waals surface area (Å²) in [5.41, 5.74) is 0. The lowest BCUT2D eigenvalue weighted by Gasteiger charge is -2.16. The van der Waals surface area contributed by atoms with Crippen LogP contribution in [0.25, 0.3) is 0 Å². The fraction of sp³-hybridized carbons (Fsp3) is 0.818. The first-order valence-electron chi connectivity index (χ1n) is 5.81. The van der Waals surface area contributed by atoms with E-state index >= 15 is 0 Å². The molecule has 2 heterocycles. The summed E-state index contributed by atoms with van der Waals surface area (Å²) in [7, 11) is 0. The minimum absolute atomic E-state index is 0.0151. The Hall–Kier alpha value is -1.14. The highest BCUT2D eigenvalue weighted by Gasteiger charge is 2.43. The fourth-order valence-electron chi connectivity index (χ4n) is 2.14. The number of carboxylic acids is 1. The van der Waals surface area contributed by atoms with Crippen LogP contribution in [0.4, 0.5) is 0 Å². The quantitative estimate of drug-likeness (QED) is 0.702. The molecular formula is C11H16O6. The van der Waals surface area contributed by atoms with Crippen molar-refractivity contribution in [3.05, 3.63) is 0 Å². The number of carboxylic acid groups (broad SMARTS) is 1. The van der Waals surface area contributed by atoms with Crippen LogP contribution in [-0.2, 0) is 23.8 Å². The SMILES string of the molecule is O=C(O)CCCC(=O)O[C@H]1CO[C@@H]2CCO[C@H]12. The molecular weight excluding hydrogens is 228 g/mol. The first-order valence-corrected chi connectivity index (χ1v) is 5.81. The van der Waals surface area contributed by atoms with E-state index in [1.807, 2.05) is 0 Å². The molecule has 0 unspecified atom stereocenters. The van der Waals surface area contributed by atoms with Gasteiger partial charge in [-0.25, -0.2) is 0 Å². The number of carbonyl (C=O) groups is 2. The molecule has 2 fully saturated rings. The predicted molar refractivity (Wildman–Crippen MR) is 55.5 cm³/mol. The molecule has 17 heavy (non-hydrogen) atoms. The lowest BCUT2D eigenvalue weighted by molar-refractivity contribution is -0.153. The van der Waals surface area contributed by atoms with Crippen molar-refractivity contribution in [2.45, 2.75) is 44.0 Å². The zero-order valence-electron chi connectivity index (χ0n) is 9.46. The minimum Gasteiger partial charge on any atom is -0.481 e. The van der Waals surface area contributed by atoms with Gasteiger partial charge >= 0.3 is 11.9 Å². The molecule has 0 aromatic heterocycles. The second-order valence-electron chi connectivity index (χ2n) is 4.27. The molecule has 6 heteroatoms. The minimum atomic E-state index is -0.902. The third-order valence-corrected chi connectivity index (χ3v) is 2.97. The number of hydrogen-bond donors (Lipinski definition) is 1. The number of carbonyl (C=O) groups excluding carboxylic acids is 1. The Morgan fingerprint density at radius 2 is 2.12 bits per heavy atom. The molecule has 0 saturated carbocycles. The summed E-state index contributed by atoms with van der Waals surface area (Å²) in [5.74, 6) is -1.28. The molecule has 0 aliphatic carbocycles. The Kier molecular flexibility index (Phi) is 3.96. The summed E-state index contributed by atoms with van der Waals surface area (Å²) in [4.78, 5) is 21.7. The lowest BCUT2D eigenvalue weighted by Crippen LogP contribution is -2.32. The van der Waals surface area contributed by atoms with E-state index in [9.17, 15) is 9.59 Å². The van der Waals surface area contributed by atoms with E-state index in [4.69, 9.17) is 19.3 Å². The van der Waals surface area contributed by atoms with E-state index in [2.05, 4.69) is 0 Å². The van der Waals surface area contributed by atoms with Crippen molar-refractivity contribution < 1.29 is 28.9 Å². The van der Waals surface area contributed by atoms with Gasteiger partial charge in [0.1, 0.15) is 6.10 Å². The molecule has 2 aliphatic heterocycles. The summed E-state index contributed by atoms with van der Waals surface area (Å²) in [6.45, 7) is 1.02. The molecule has 0 bridgehead atoms. The van der Waals surface area contributed by atoms with Gasteiger partial charge < -0.3 is 19.3 Å². The van der Waals surface area contributed by atoms with Gasteiger partial charge in [0.2, 0.25) is 0 Å². The van der Waals surface area contributed by atoms with Crippen molar-refractivity contribution in [1.82, 2.24) is 0 Å². The van der Waals surface area contributed by atoms with Crippen LogP contribution < -0.4 is 0 Å². The van der Waals surface area contributed by atoms with Crippen LogP contribution in [0.15, 0.2) is 0 Å². The Balaban J connectivity index is 1.70. The van der Waals surface area contributed by atoms with Gasteiger partial charge in [0, 0.05) is 19.4 Å². The van der Waals surface area contributed by atoms with Crippen LogP contribution in [0.3, 0.4) is 0 Å². The van der Waals surface area contributed by atoms with Gasteiger partial charge in [0.05, 0.1) is 12.7 Å². The van der Waals surface area contributed by atoms with E-state index in [1.165, 1.54) is 0 Å². The number of aliphatic carboxylic acids is 1. The van der Waals surface area contributed by atoms with Gasteiger partial charge in [-0.15, -0.1) is 0 Å². The zero-order chi connectivity index (χ0) is 12.3. The molecule has 2 aliphatic rings. The number of rotatable bonds is 5. The molecule has 6 nitrogen and oxygen atoms in total. The van der Waals surface area contributed by atoms with Crippen LogP contribution in [0.1, 0.15) is 25.7 Å². The van der Waals surface area contributed by atoms with Crippen molar-refractivity contribution in [1.29, 1.82) is 0 Å². The molecule has 2 saturated heterocycles. The van der Waals surface area contributed by atoms with Crippen molar-refractivity contribution in [2.75, 3.05) is 13.2 Å². The van der Waals surface area contributed by atoms with Crippen molar-refractivity contribution >= 4 is 11.9 Å². The van der Waals surface area contributed by atoms with E-state index in [0.717, 1.165) is 6.42 Å². The number of esters is 1. The number of fused-ring (bicyclic) bond motifs is 1. The Morgan fingerprint density at radius 1 is 1.29 bits per heavy atom. The van der Waals surface area contributed by atoms with Crippen LogP contribution in [0.2, 0.25) is 0 Å². The number of ether oxygens (including phenoxy) is 3. The van der Waals surface area contributed by atoms with E-state index in [-0.39, 0.29) is 37.1 Å². The van der Waals surface area contributed by atoms with Gasteiger partial charge in [-0.05, 0) is 12.8 Å². The molecule has 96 valence electrons. The summed E-state index contributed by atoms with van der Waals surface area (Å²) in [5, 5.41) is 8.44. The molecule has 0 aromatic rings. The molecule has 0 spiro atoms. The second-order valence-corrected chi connectivity index (χ2v) is 4.27. The van der Waals surface area contributed by atoms with Crippen molar-refractivity contribution in [3.8, 4) is 0 Å². The van der Waals surface area contributed by atoms with Crippen molar-refractivity contribution in [2.24, 2.45) is 0 Å². The van der Waals surface area contributed by atoms with E-state index in [1.54, 1.807) is 0 Å². The summed E-state index contributed by atoms with van der Waals surface area (Å²) >= 11 is 0. The average Bonchev–Trinajstić information content (AvgIpc) is 2.82. The molecule has 3 atom stereocenters. The maximum Gasteiger partial charge on any atom is 0.306 e. The van der Waals surface area contributed by atoms with Gasteiger partial charge in [-0.2, -0.15) is 0 Å². The topological polar surface area (TPSA) is 82.1 Å². The summed E-state index contributed by atoms with van der Waals surface area (Å²) < 4.78 is 16.1. The van der Waals surface area contributed by atoms with E-state index < -0.39 is 5.97 Å². The maximum atomic E-state index is 11.4. The smallest absolute Gasteiger partial charge is 0.306 e. The highest BCUT2D eigenvalue weighted by Crippen LogP contribution is 2.28. The molecule has 0 aromatic carbocycles. The van der Waals surface area contributed by atoms with Gasteiger partial charge in [-0.3, -0.25) is 9.59 Å². The fourth-order valence-corrected chi connectivity index (χ4v) is 2.14. The Morgan fingerprint density at radius 3 is 2.88 bits per heavy atom. The molecule has 1 N–H and O–H groups in total. The zero-order valence-corrected chi connectivity index (χ0v) is 9.46. The third kappa shape index (κ3) is 3.17. The third-order valence-electron chi connectivity index (χ3n) is 2.97. The average molecular weight is 244 g/mol. The maximum absolute atomic E-state index is 11.4. The van der Waals surface area contributed by atoms with Crippen LogP contribution in [-0.4, -0.2) is 48.6 Å². The van der Waals surface area contributed by atoms with E-state index in [0.29, 0.717) is 19.6 Å². The first-order chi connectivity index (χ1) is 8.16. The lowest BCUT2D eigenvalue weighted by atomic mass is 10.1. The Labute approximate surface area is 98.8 Å². The van der Waals surface area contributed by atoms with Crippen LogP contribution in [0, 0.1) is 0 Å². The summed E-state index contributed by atoms with van der Waals surface area (Å²) in [6, 6.07) is 0. The molecule has 0 radical (unpaired) electrons. The van der Waals surface area contributed by atoms with Gasteiger partial charge in [-0.1, -0.05) is 0 Å². The Bertz CT molecular complexity index is 302. The van der Waals surface area contributed by atoms with Gasteiger partial charge in [0.15, 0.2) is 6.10 Å². The van der Waals surface area contributed by atoms with Crippen molar-refractivity contribution in [3.63, 3.8) is 0 Å². The van der Waals surface area contributed by atoms with Crippen LogP contribution >= 0.6 is 0 Å². The first kappa shape index (κ1) is 12.3. The monoisotopic (exact) mass is 244 g/mol. The molecule has 0 amide bonds. The molecule has 2 rings (SSSR count). The number of hydrogen-bond acceptors (Lipinski definition) is 5. The van der Waals surface area contributed by atoms with Crippen LogP contribution in [0.5, 0.6) is 0 Å². The second kappa shape index (κ2) is 5.46. The summed E-state index contributed by atoms with van der Waals surface area (Å²) in [6.07, 6.45) is 0.832. The predicted octanol–water partition coefficient (Wildman–Crippen LogP) is 0.341. The van der Waals surface area contributed by atoms with Gasteiger partial charge in [0.25, 0.3) is 0 Å².